The van der Waals surface area contributed by atoms with E-state index < -0.39 is 0 Å². The van der Waals surface area contributed by atoms with E-state index in [0.717, 1.165) is 19.3 Å². The fourth-order valence-corrected chi connectivity index (χ4v) is 3.42. The van der Waals surface area contributed by atoms with Gasteiger partial charge in [-0.2, -0.15) is 0 Å². The molecule has 0 aliphatic heterocycles. The molecule has 2 nitrogen and oxygen atoms in total. The molecular weight excluding hydrogens is 222 g/mol. The predicted molar refractivity (Wildman–Crippen MR) is 75.6 cm³/mol. The molecule has 1 aliphatic rings. The smallest absolute Gasteiger partial charge is 0.0493 e. The Morgan fingerprint density at radius 1 is 1.22 bits per heavy atom. The zero-order valence-electron chi connectivity index (χ0n) is 11.4. The lowest BCUT2D eigenvalue weighted by molar-refractivity contribution is 0.103. The standard InChI is InChI=1S/C16H25NO/c1-2-13-5-7-14(8-6-13)15(11-17)16(12-18)9-3-4-10-16/h5-8,15,18H,2-4,9-12,17H2,1H3/t15-/m1/s1. The van der Waals surface area contributed by atoms with Crippen LogP contribution >= 0.6 is 0 Å². The molecule has 0 amide bonds. The molecule has 0 bridgehead atoms. The summed E-state index contributed by atoms with van der Waals surface area (Å²) in [4.78, 5) is 0. The normalized spacial score (nSPS) is 19.9. The summed E-state index contributed by atoms with van der Waals surface area (Å²) in [5.41, 5.74) is 8.69. The van der Waals surface area contributed by atoms with E-state index in [4.69, 9.17) is 5.73 Å². The van der Waals surface area contributed by atoms with Crippen LogP contribution in [0, 0.1) is 5.41 Å². The summed E-state index contributed by atoms with van der Waals surface area (Å²) in [6.45, 7) is 3.07. The van der Waals surface area contributed by atoms with Gasteiger partial charge < -0.3 is 10.8 Å². The molecule has 0 unspecified atom stereocenters. The van der Waals surface area contributed by atoms with Gasteiger partial charge in [-0.1, -0.05) is 44.0 Å². The van der Waals surface area contributed by atoms with Crippen molar-refractivity contribution in [3.8, 4) is 0 Å². The first-order valence-corrected chi connectivity index (χ1v) is 7.15. The fraction of sp³-hybridized carbons (Fsp3) is 0.625. The molecule has 2 heteroatoms. The van der Waals surface area contributed by atoms with Crippen LogP contribution in [0.5, 0.6) is 0 Å². The summed E-state index contributed by atoms with van der Waals surface area (Å²) >= 11 is 0. The van der Waals surface area contributed by atoms with Crippen LogP contribution in [0.2, 0.25) is 0 Å². The monoisotopic (exact) mass is 247 g/mol. The third-order valence-corrected chi connectivity index (χ3v) is 4.68. The molecular formula is C16H25NO. The maximum atomic E-state index is 9.82. The molecule has 2 rings (SSSR count). The molecule has 0 spiro atoms. The Labute approximate surface area is 110 Å². The molecule has 1 atom stereocenters. The Hall–Kier alpha value is -0.860. The van der Waals surface area contributed by atoms with Crippen LogP contribution in [0.3, 0.4) is 0 Å². The van der Waals surface area contributed by atoms with Crippen molar-refractivity contribution >= 4 is 0 Å². The van der Waals surface area contributed by atoms with E-state index in [2.05, 4.69) is 31.2 Å². The van der Waals surface area contributed by atoms with Crippen molar-refractivity contribution in [1.29, 1.82) is 0 Å². The summed E-state index contributed by atoms with van der Waals surface area (Å²) in [6, 6.07) is 8.79. The molecule has 1 aromatic carbocycles. The largest absolute Gasteiger partial charge is 0.396 e. The fourth-order valence-electron chi connectivity index (χ4n) is 3.42. The third kappa shape index (κ3) is 2.45. The number of aliphatic hydroxyl groups is 1. The second kappa shape index (κ2) is 5.85. The Bertz CT molecular complexity index is 365. The molecule has 0 heterocycles. The number of aryl methyl sites for hydroxylation is 1. The molecule has 0 radical (unpaired) electrons. The molecule has 1 fully saturated rings. The highest BCUT2D eigenvalue weighted by Gasteiger charge is 2.40. The van der Waals surface area contributed by atoms with Crippen molar-refractivity contribution in [2.24, 2.45) is 11.1 Å². The van der Waals surface area contributed by atoms with Crippen LogP contribution in [0.4, 0.5) is 0 Å². The summed E-state index contributed by atoms with van der Waals surface area (Å²) in [5, 5.41) is 9.82. The van der Waals surface area contributed by atoms with Gasteiger partial charge in [-0.05, 0) is 36.9 Å². The lowest BCUT2D eigenvalue weighted by Gasteiger charge is -2.35. The lowest BCUT2D eigenvalue weighted by atomic mass is 9.71. The van der Waals surface area contributed by atoms with Gasteiger partial charge in [-0.25, -0.2) is 0 Å². The van der Waals surface area contributed by atoms with Crippen molar-refractivity contribution in [3.05, 3.63) is 35.4 Å². The second-order valence-electron chi connectivity index (χ2n) is 5.61. The number of rotatable bonds is 5. The summed E-state index contributed by atoms with van der Waals surface area (Å²) in [7, 11) is 0. The van der Waals surface area contributed by atoms with Crippen LogP contribution in [-0.2, 0) is 6.42 Å². The highest BCUT2D eigenvalue weighted by atomic mass is 16.3. The highest BCUT2D eigenvalue weighted by Crippen LogP contribution is 2.48. The number of hydrogen-bond donors (Lipinski definition) is 2. The molecule has 0 aromatic heterocycles. The molecule has 1 aliphatic carbocycles. The van der Waals surface area contributed by atoms with Crippen molar-refractivity contribution < 1.29 is 5.11 Å². The van der Waals surface area contributed by atoms with Crippen molar-refractivity contribution in [2.75, 3.05) is 13.2 Å². The number of hydrogen-bond acceptors (Lipinski definition) is 2. The minimum Gasteiger partial charge on any atom is -0.396 e. The molecule has 0 saturated heterocycles. The maximum absolute atomic E-state index is 9.82. The van der Waals surface area contributed by atoms with Gasteiger partial charge in [-0.15, -0.1) is 0 Å². The second-order valence-corrected chi connectivity index (χ2v) is 5.61. The van der Waals surface area contributed by atoms with Crippen LogP contribution in [0.25, 0.3) is 0 Å². The minimum atomic E-state index is 0.0302. The predicted octanol–water partition coefficient (Wildman–Crippen LogP) is 2.84. The van der Waals surface area contributed by atoms with Gasteiger partial charge in [0.05, 0.1) is 0 Å². The van der Waals surface area contributed by atoms with E-state index in [0.29, 0.717) is 12.5 Å². The van der Waals surface area contributed by atoms with Gasteiger partial charge in [0.2, 0.25) is 0 Å². The van der Waals surface area contributed by atoms with Crippen LogP contribution < -0.4 is 5.73 Å². The topological polar surface area (TPSA) is 46.2 Å². The summed E-state index contributed by atoms with van der Waals surface area (Å²) in [6.07, 6.45) is 5.74. The van der Waals surface area contributed by atoms with E-state index >= 15 is 0 Å². The van der Waals surface area contributed by atoms with E-state index in [1.54, 1.807) is 0 Å². The van der Waals surface area contributed by atoms with E-state index in [-0.39, 0.29) is 12.0 Å². The van der Waals surface area contributed by atoms with Gasteiger partial charge in [0.15, 0.2) is 0 Å². The Morgan fingerprint density at radius 2 is 1.83 bits per heavy atom. The minimum absolute atomic E-state index is 0.0302. The van der Waals surface area contributed by atoms with Gasteiger partial charge in [0.25, 0.3) is 0 Å². The van der Waals surface area contributed by atoms with Crippen LogP contribution in [-0.4, -0.2) is 18.3 Å². The quantitative estimate of drug-likeness (QED) is 0.840. The SMILES string of the molecule is CCc1ccc([C@@H](CN)C2(CO)CCCC2)cc1. The lowest BCUT2D eigenvalue weighted by Crippen LogP contribution is -2.34. The molecule has 100 valence electrons. The summed E-state index contributed by atoms with van der Waals surface area (Å²) in [5.74, 6) is 0.302. The van der Waals surface area contributed by atoms with Crippen molar-refractivity contribution in [2.45, 2.75) is 44.9 Å². The van der Waals surface area contributed by atoms with E-state index in [9.17, 15) is 5.11 Å². The van der Waals surface area contributed by atoms with Gasteiger partial charge in [0.1, 0.15) is 0 Å². The highest BCUT2D eigenvalue weighted by molar-refractivity contribution is 5.28. The molecule has 3 N–H and O–H groups in total. The van der Waals surface area contributed by atoms with Crippen LogP contribution in [0.15, 0.2) is 24.3 Å². The Kier molecular flexibility index (Phi) is 4.41. The molecule has 1 aromatic rings. The first-order chi connectivity index (χ1) is 8.75. The number of nitrogens with two attached hydrogens (primary N) is 1. The van der Waals surface area contributed by atoms with E-state index in [1.165, 1.54) is 24.0 Å². The van der Waals surface area contributed by atoms with E-state index in [1.807, 2.05) is 0 Å². The van der Waals surface area contributed by atoms with Crippen molar-refractivity contribution in [1.82, 2.24) is 0 Å². The average molecular weight is 247 g/mol. The molecule has 18 heavy (non-hydrogen) atoms. The van der Waals surface area contributed by atoms with Crippen LogP contribution in [0.1, 0.15) is 49.7 Å². The first kappa shape index (κ1) is 13.6. The first-order valence-electron chi connectivity index (χ1n) is 7.15. The Balaban J connectivity index is 2.26. The van der Waals surface area contributed by atoms with Crippen molar-refractivity contribution in [3.63, 3.8) is 0 Å². The third-order valence-electron chi connectivity index (χ3n) is 4.68. The zero-order chi connectivity index (χ0) is 13.0. The van der Waals surface area contributed by atoms with Gasteiger partial charge >= 0.3 is 0 Å². The summed E-state index contributed by atoms with van der Waals surface area (Å²) < 4.78 is 0. The van der Waals surface area contributed by atoms with Gasteiger partial charge in [0, 0.05) is 17.9 Å². The maximum Gasteiger partial charge on any atom is 0.0493 e. The molecule has 1 saturated carbocycles. The zero-order valence-corrected chi connectivity index (χ0v) is 11.4. The van der Waals surface area contributed by atoms with Gasteiger partial charge in [-0.3, -0.25) is 0 Å². The number of aliphatic hydroxyl groups excluding tert-OH is 1. The Morgan fingerprint density at radius 3 is 2.28 bits per heavy atom. The number of benzene rings is 1. The average Bonchev–Trinajstić information content (AvgIpc) is 2.90.